The summed E-state index contributed by atoms with van der Waals surface area (Å²) in [6, 6.07) is 88.1. The first-order chi connectivity index (χ1) is 33.9. The first-order valence-corrected chi connectivity index (χ1v) is 23.9. The summed E-state index contributed by atoms with van der Waals surface area (Å²) < 4.78 is 0. The van der Waals surface area contributed by atoms with Crippen LogP contribution in [0.25, 0.3) is 122 Å². The summed E-state index contributed by atoms with van der Waals surface area (Å²) in [5.41, 5.74) is 19.2. The normalized spacial score (nSPS) is 12.6. The molecule has 0 spiro atoms. The summed E-state index contributed by atoms with van der Waals surface area (Å²) >= 11 is 0. The van der Waals surface area contributed by atoms with E-state index in [1.54, 1.807) is 0 Å². The lowest BCUT2D eigenvalue weighted by Crippen LogP contribution is -2.14. The largest absolute Gasteiger partial charge is 0.228 e. The summed E-state index contributed by atoms with van der Waals surface area (Å²) in [6.45, 7) is 4.73. The highest BCUT2D eigenvalue weighted by atomic mass is 14.9. The summed E-state index contributed by atoms with van der Waals surface area (Å²) in [5.74, 6) is 0.678. The Kier molecular flexibility index (Phi) is 9.55. The molecular formula is C67H46N2. The van der Waals surface area contributed by atoms with Crippen molar-refractivity contribution in [3.63, 3.8) is 0 Å². The topological polar surface area (TPSA) is 25.8 Å². The van der Waals surface area contributed by atoms with Crippen molar-refractivity contribution in [3.8, 4) is 89.5 Å². The van der Waals surface area contributed by atoms with Gasteiger partial charge in [0.15, 0.2) is 5.82 Å². The van der Waals surface area contributed by atoms with Gasteiger partial charge in [0.05, 0.1) is 11.4 Å². The van der Waals surface area contributed by atoms with Crippen molar-refractivity contribution in [2.24, 2.45) is 0 Å². The summed E-state index contributed by atoms with van der Waals surface area (Å²) in [6.07, 6.45) is 0. The second-order valence-corrected chi connectivity index (χ2v) is 18.9. The lowest BCUT2D eigenvalue weighted by molar-refractivity contribution is 0.661. The first kappa shape index (κ1) is 40.5. The Hall–Kier alpha value is -8.72. The Labute approximate surface area is 402 Å². The van der Waals surface area contributed by atoms with Gasteiger partial charge in [-0.1, -0.05) is 196 Å². The van der Waals surface area contributed by atoms with Crippen LogP contribution in [0.5, 0.6) is 0 Å². The highest BCUT2D eigenvalue weighted by molar-refractivity contribution is 6.26. The molecule has 13 rings (SSSR count). The SMILES string of the molecule is CC1(C)c2ccccc2-c2cc3c4ccccc4c4cc(-c5nc(-c6cc(-c7ccccc7)cc(-c7ccccc7)c6)cc(-c6cc(-c7ccccc7)cc(-c7ccccc7)c6)n5)ccc4c3cc21. The van der Waals surface area contributed by atoms with Crippen molar-refractivity contribution in [3.05, 3.63) is 254 Å². The molecule has 0 saturated carbocycles. The van der Waals surface area contributed by atoms with Gasteiger partial charge in [-0.2, -0.15) is 0 Å². The van der Waals surface area contributed by atoms with Crippen molar-refractivity contribution in [1.29, 1.82) is 0 Å². The fourth-order valence-electron chi connectivity index (χ4n) is 10.9. The molecule has 0 unspecified atom stereocenters. The number of nitrogens with zero attached hydrogens (tertiary/aromatic N) is 2. The highest BCUT2D eigenvalue weighted by Gasteiger charge is 2.35. The summed E-state index contributed by atoms with van der Waals surface area (Å²) in [7, 11) is 0. The Balaban J connectivity index is 1.06. The van der Waals surface area contributed by atoms with Gasteiger partial charge in [0.1, 0.15) is 0 Å². The molecule has 0 aliphatic heterocycles. The average Bonchev–Trinajstić information content (AvgIpc) is 3.65. The molecule has 0 saturated heterocycles. The average molecular weight is 879 g/mol. The van der Waals surface area contributed by atoms with Crippen LogP contribution in [0.4, 0.5) is 0 Å². The second kappa shape index (κ2) is 16.3. The van der Waals surface area contributed by atoms with Gasteiger partial charge in [0.2, 0.25) is 0 Å². The van der Waals surface area contributed by atoms with E-state index in [4.69, 9.17) is 9.97 Å². The van der Waals surface area contributed by atoms with Gasteiger partial charge in [-0.25, -0.2) is 9.97 Å². The van der Waals surface area contributed by atoms with Gasteiger partial charge < -0.3 is 0 Å². The van der Waals surface area contributed by atoms with Gasteiger partial charge in [0, 0.05) is 22.1 Å². The van der Waals surface area contributed by atoms with Crippen molar-refractivity contribution in [2.45, 2.75) is 19.3 Å². The van der Waals surface area contributed by atoms with Crippen LogP contribution in [0.15, 0.2) is 243 Å². The third kappa shape index (κ3) is 7.03. The van der Waals surface area contributed by atoms with Crippen LogP contribution in [0.1, 0.15) is 25.0 Å². The minimum absolute atomic E-state index is 0.112. The van der Waals surface area contributed by atoms with Crippen LogP contribution in [0.3, 0.4) is 0 Å². The first-order valence-electron chi connectivity index (χ1n) is 23.9. The fraction of sp³-hybridized carbons (Fsp3) is 0.0448. The Morgan fingerprint density at radius 2 is 0.638 bits per heavy atom. The smallest absolute Gasteiger partial charge is 0.160 e. The minimum Gasteiger partial charge on any atom is -0.228 e. The zero-order valence-electron chi connectivity index (χ0n) is 38.5. The zero-order chi connectivity index (χ0) is 46.1. The van der Waals surface area contributed by atoms with E-state index in [9.17, 15) is 0 Å². The molecule has 0 atom stereocenters. The third-order valence-corrected chi connectivity index (χ3v) is 14.4. The van der Waals surface area contributed by atoms with Crippen molar-refractivity contribution in [1.82, 2.24) is 9.97 Å². The van der Waals surface area contributed by atoms with E-state index < -0.39 is 0 Å². The van der Waals surface area contributed by atoms with Gasteiger partial charge in [0.25, 0.3) is 0 Å². The minimum atomic E-state index is -0.112. The van der Waals surface area contributed by atoms with Crippen LogP contribution in [0, 0.1) is 0 Å². The lowest BCUT2D eigenvalue weighted by atomic mass is 9.81. The molecule has 0 amide bonds. The van der Waals surface area contributed by atoms with Crippen molar-refractivity contribution >= 4 is 32.3 Å². The lowest BCUT2D eigenvalue weighted by Gasteiger charge is -2.22. The molecule has 12 aromatic rings. The molecule has 1 heterocycles. The van der Waals surface area contributed by atoms with Gasteiger partial charge >= 0.3 is 0 Å². The van der Waals surface area contributed by atoms with Gasteiger partial charge in [-0.05, 0) is 160 Å². The van der Waals surface area contributed by atoms with Crippen LogP contribution < -0.4 is 0 Å². The molecule has 0 radical (unpaired) electrons. The van der Waals surface area contributed by atoms with E-state index in [1.807, 2.05) is 0 Å². The molecule has 0 bridgehead atoms. The van der Waals surface area contributed by atoms with Crippen LogP contribution in [0.2, 0.25) is 0 Å². The van der Waals surface area contributed by atoms with Gasteiger partial charge in [-0.3, -0.25) is 0 Å². The predicted molar refractivity (Wildman–Crippen MR) is 290 cm³/mol. The molecule has 1 aliphatic rings. The van der Waals surface area contributed by atoms with Crippen molar-refractivity contribution in [2.75, 3.05) is 0 Å². The van der Waals surface area contributed by atoms with E-state index in [1.165, 1.54) is 54.6 Å². The molecule has 2 nitrogen and oxygen atoms in total. The molecule has 11 aromatic carbocycles. The van der Waals surface area contributed by atoms with Crippen LogP contribution in [-0.4, -0.2) is 9.97 Å². The van der Waals surface area contributed by atoms with E-state index in [0.29, 0.717) is 5.82 Å². The quantitative estimate of drug-likeness (QED) is 0.149. The van der Waals surface area contributed by atoms with E-state index >= 15 is 0 Å². The molecule has 2 heteroatoms. The van der Waals surface area contributed by atoms with Crippen molar-refractivity contribution < 1.29 is 0 Å². The fourth-order valence-corrected chi connectivity index (χ4v) is 10.9. The maximum absolute atomic E-state index is 5.56. The maximum atomic E-state index is 5.56. The molecule has 1 aliphatic carbocycles. The number of aromatic nitrogens is 2. The monoisotopic (exact) mass is 878 g/mol. The number of rotatable bonds is 7. The third-order valence-electron chi connectivity index (χ3n) is 14.4. The zero-order valence-corrected chi connectivity index (χ0v) is 38.5. The number of hydrogen-bond acceptors (Lipinski definition) is 2. The number of benzene rings is 11. The van der Waals surface area contributed by atoms with Crippen LogP contribution >= 0.6 is 0 Å². The Morgan fingerprint density at radius 3 is 1.13 bits per heavy atom. The second-order valence-electron chi connectivity index (χ2n) is 18.9. The Morgan fingerprint density at radius 1 is 0.246 bits per heavy atom. The highest BCUT2D eigenvalue weighted by Crippen LogP contribution is 2.51. The molecule has 0 N–H and O–H groups in total. The standard InChI is InChI=1S/C67H46N2/c1-67(2)62-30-18-17-29-57(62)61-40-59-55-28-16-15-27-54(55)58-39-47(31-32-56(58)60(59)41-63(61)67)66-68-64(52-35-48(43-19-7-3-8-20-43)33-49(36-52)44-21-9-4-10-22-44)42-65(69-66)53-37-50(45-23-11-5-12-24-45)34-51(38-53)46-25-13-6-14-26-46/h3-42H,1-2H3. The number of hydrogen-bond donors (Lipinski definition) is 0. The van der Waals surface area contributed by atoms with E-state index in [0.717, 1.165) is 72.6 Å². The molecule has 69 heavy (non-hydrogen) atoms. The molecule has 0 fully saturated rings. The molecular weight excluding hydrogens is 833 g/mol. The Bertz CT molecular complexity index is 3690. The van der Waals surface area contributed by atoms with Crippen LogP contribution in [-0.2, 0) is 5.41 Å². The van der Waals surface area contributed by atoms with Gasteiger partial charge in [-0.15, -0.1) is 0 Å². The number of fused-ring (bicyclic) bond motifs is 9. The predicted octanol–water partition coefficient (Wildman–Crippen LogP) is 17.9. The van der Waals surface area contributed by atoms with E-state index in [-0.39, 0.29) is 5.41 Å². The summed E-state index contributed by atoms with van der Waals surface area (Å²) in [5, 5.41) is 7.42. The molecule has 324 valence electrons. The maximum Gasteiger partial charge on any atom is 0.160 e. The van der Waals surface area contributed by atoms with E-state index in [2.05, 4.69) is 257 Å². The summed E-state index contributed by atoms with van der Waals surface area (Å²) in [4.78, 5) is 11.1. The molecule has 1 aromatic heterocycles.